The maximum atomic E-state index is 6.14. The van der Waals surface area contributed by atoms with E-state index in [-0.39, 0.29) is 0 Å². The van der Waals surface area contributed by atoms with Crippen LogP contribution in [0.15, 0.2) is 54.6 Å². The van der Waals surface area contributed by atoms with Crippen molar-refractivity contribution in [3.8, 4) is 11.3 Å². The number of anilines is 1. The molecule has 0 atom stereocenters. The highest BCUT2D eigenvalue weighted by Crippen LogP contribution is 2.26. The molecule has 124 valence electrons. The van der Waals surface area contributed by atoms with Crippen LogP contribution in [0, 0.1) is 6.92 Å². The van der Waals surface area contributed by atoms with Crippen molar-refractivity contribution in [3.05, 3.63) is 76.7 Å². The van der Waals surface area contributed by atoms with E-state index in [4.69, 9.17) is 17.3 Å². The molecule has 2 heterocycles. The van der Waals surface area contributed by atoms with E-state index in [9.17, 15) is 0 Å². The second-order valence-corrected chi connectivity index (χ2v) is 6.30. The number of benzene rings is 2. The maximum absolute atomic E-state index is 6.14. The Morgan fingerprint density at radius 1 is 1.00 bits per heavy atom. The lowest BCUT2D eigenvalue weighted by Gasteiger charge is -2.08. The predicted molar refractivity (Wildman–Crippen MR) is 99.6 cm³/mol. The van der Waals surface area contributed by atoms with Crippen molar-refractivity contribution >= 4 is 23.1 Å². The topological polar surface area (TPSA) is 69.1 Å². The summed E-state index contributed by atoms with van der Waals surface area (Å²) in [7, 11) is 0. The third-order valence-electron chi connectivity index (χ3n) is 4.10. The van der Waals surface area contributed by atoms with Gasteiger partial charge in [0.25, 0.3) is 0 Å². The summed E-state index contributed by atoms with van der Waals surface area (Å²) in [5, 5.41) is 5.31. The van der Waals surface area contributed by atoms with Crippen LogP contribution >= 0.6 is 11.6 Å². The highest BCUT2D eigenvalue weighted by molar-refractivity contribution is 6.30. The van der Waals surface area contributed by atoms with E-state index in [1.54, 1.807) is 4.52 Å². The molecule has 0 aliphatic carbocycles. The van der Waals surface area contributed by atoms with Gasteiger partial charge in [0.2, 0.25) is 0 Å². The van der Waals surface area contributed by atoms with Gasteiger partial charge in [-0.1, -0.05) is 54.1 Å². The summed E-state index contributed by atoms with van der Waals surface area (Å²) >= 11 is 5.97. The van der Waals surface area contributed by atoms with Crippen LogP contribution in [0.4, 0.5) is 5.82 Å². The zero-order valence-electron chi connectivity index (χ0n) is 13.6. The second-order valence-electron chi connectivity index (χ2n) is 5.86. The first kappa shape index (κ1) is 15.6. The minimum absolute atomic E-state index is 0.363. The van der Waals surface area contributed by atoms with Gasteiger partial charge in [-0.3, -0.25) is 0 Å². The van der Waals surface area contributed by atoms with Crippen LogP contribution in [0.5, 0.6) is 0 Å². The third-order valence-corrected chi connectivity index (χ3v) is 4.35. The molecule has 2 aromatic heterocycles. The Kier molecular flexibility index (Phi) is 3.86. The standard InChI is InChI=1S/C19H16ClN5/c1-12-17(14-7-9-15(20)10-8-14)23-18(21)19-22-16(24-25(12)19)11-13-5-3-2-4-6-13/h2-10H,11H2,1H3,(H2,21,23). The van der Waals surface area contributed by atoms with Gasteiger partial charge < -0.3 is 5.73 Å². The van der Waals surface area contributed by atoms with E-state index < -0.39 is 0 Å². The van der Waals surface area contributed by atoms with Gasteiger partial charge in [-0.25, -0.2) is 14.5 Å². The first-order chi connectivity index (χ1) is 12.1. The summed E-state index contributed by atoms with van der Waals surface area (Å²) in [5.41, 5.74) is 10.5. The Morgan fingerprint density at radius 2 is 1.72 bits per heavy atom. The van der Waals surface area contributed by atoms with Crippen LogP contribution in [0.25, 0.3) is 16.9 Å². The molecule has 0 unspecified atom stereocenters. The zero-order chi connectivity index (χ0) is 17.4. The molecule has 5 nitrogen and oxygen atoms in total. The monoisotopic (exact) mass is 349 g/mol. The van der Waals surface area contributed by atoms with E-state index in [0.29, 0.717) is 22.9 Å². The van der Waals surface area contributed by atoms with Gasteiger partial charge in [-0.15, -0.1) is 0 Å². The van der Waals surface area contributed by atoms with Crippen LogP contribution in [0.3, 0.4) is 0 Å². The van der Waals surface area contributed by atoms with Gasteiger partial charge in [-0.05, 0) is 24.6 Å². The molecule has 0 bridgehead atoms. The smallest absolute Gasteiger partial charge is 0.198 e. The second kappa shape index (κ2) is 6.18. The van der Waals surface area contributed by atoms with Crippen molar-refractivity contribution in [2.24, 2.45) is 0 Å². The number of halogens is 1. The molecule has 0 aliphatic heterocycles. The first-order valence-corrected chi connectivity index (χ1v) is 8.31. The van der Waals surface area contributed by atoms with Gasteiger partial charge in [0.15, 0.2) is 17.3 Å². The fourth-order valence-electron chi connectivity index (χ4n) is 2.84. The van der Waals surface area contributed by atoms with E-state index in [1.807, 2.05) is 49.4 Å². The fourth-order valence-corrected chi connectivity index (χ4v) is 2.97. The predicted octanol–water partition coefficient (Wildman–Crippen LogP) is 3.93. The molecule has 0 saturated heterocycles. The van der Waals surface area contributed by atoms with E-state index in [0.717, 1.165) is 28.3 Å². The van der Waals surface area contributed by atoms with E-state index in [2.05, 4.69) is 27.2 Å². The Balaban J connectivity index is 1.81. The summed E-state index contributed by atoms with van der Waals surface area (Å²) in [6.45, 7) is 1.96. The largest absolute Gasteiger partial charge is 0.381 e. The molecule has 0 aliphatic rings. The van der Waals surface area contributed by atoms with Crippen molar-refractivity contribution in [2.45, 2.75) is 13.3 Å². The summed E-state index contributed by atoms with van der Waals surface area (Å²) in [6.07, 6.45) is 0.650. The van der Waals surface area contributed by atoms with Crippen LogP contribution in [0.1, 0.15) is 17.1 Å². The van der Waals surface area contributed by atoms with Crippen LogP contribution in [-0.4, -0.2) is 19.6 Å². The minimum atomic E-state index is 0.363. The Labute approximate surface area is 150 Å². The van der Waals surface area contributed by atoms with Gasteiger partial charge >= 0.3 is 0 Å². The highest BCUT2D eigenvalue weighted by atomic mass is 35.5. The van der Waals surface area contributed by atoms with Crippen LogP contribution < -0.4 is 5.73 Å². The lowest BCUT2D eigenvalue weighted by Crippen LogP contribution is -2.04. The molecule has 4 aromatic rings. The lowest BCUT2D eigenvalue weighted by molar-refractivity contribution is 0.865. The Bertz CT molecular complexity index is 1040. The SMILES string of the molecule is Cc1c(-c2ccc(Cl)cc2)nc(N)c2nc(Cc3ccccc3)nn12. The normalized spacial score (nSPS) is 11.1. The van der Waals surface area contributed by atoms with Gasteiger partial charge in [0.1, 0.15) is 0 Å². The summed E-state index contributed by atoms with van der Waals surface area (Å²) in [4.78, 5) is 9.09. The van der Waals surface area contributed by atoms with Gasteiger partial charge in [0.05, 0.1) is 11.4 Å². The lowest BCUT2D eigenvalue weighted by atomic mass is 10.1. The molecular formula is C19H16ClN5. The molecular weight excluding hydrogens is 334 g/mol. The number of aromatic nitrogens is 4. The molecule has 2 N–H and O–H groups in total. The number of hydrogen-bond donors (Lipinski definition) is 1. The molecule has 0 saturated carbocycles. The van der Waals surface area contributed by atoms with Crippen molar-refractivity contribution < 1.29 is 0 Å². The molecule has 2 aromatic carbocycles. The minimum Gasteiger partial charge on any atom is -0.381 e. The fraction of sp³-hybridized carbons (Fsp3) is 0.105. The molecule has 0 fully saturated rings. The molecule has 0 spiro atoms. The summed E-state index contributed by atoms with van der Waals surface area (Å²) in [6, 6.07) is 17.6. The molecule has 0 radical (unpaired) electrons. The van der Waals surface area contributed by atoms with Crippen LogP contribution in [-0.2, 0) is 6.42 Å². The number of rotatable bonds is 3. The quantitative estimate of drug-likeness (QED) is 0.608. The van der Waals surface area contributed by atoms with Crippen molar-refractivity contribution in [3.63, 3.8) is 0 Å². The Morgan fingerprint density at radius 3 is 2.44 bits per heavy atom. The molecule has 25 heavy (non-hydrogen) atoms. The summed E-state index contributed by atoms with van der Waals surface area (Å²) < 4.78 is 1.77. The third kappa shape index (κ3) is 2.94. The number of nitrogen functional groups attached to an aromatic ring is 1. The zero-order valence-corrected chi connectivity index (χ0v) is 14.4. The summed E-state index contributed by atoms with van der Waals surface area (Å²) in [5.74, 6) is 1.08. The number of fused-ring (bicyclic) bond motifs is 1. The average Bonchev–Trinajstić information content (AvgIpc) is 3.04. The van der Waals surface area contributed by atoms with Gasteiger partial charge in [-0.2, -0.15) is 5.10 Å². The Hall–Kier alpha value is -2.92. The highest BCUT2D eigenvalue weighted by Gasteiger charge is 2.15. The molecule has 4 rings (SSSR count). The average molecular weight is 350 g/mol. The van der Waals surface area contributed by atoms with Crippen molar-refractivity contribution in [1.82, 2.24) is 19.6 Å². The number of nitrogens with two attached hydrogens (primary N) is 1. The maximum Gasteiger partial charge on any atom is 0.198 e. The number of hydrogen-bond acceptors (Lipinski definition) is 4. The van der Waals surface area contributed by atoms with E-state index >= 15 is 0 Å². The van der Waals surface area contributed by atoms with Crippen molar-refractivity contribution in [1.29, 1.82) is 0 Å². The van der Waals surface area contributed by atoms with Crippen molar-refractivity contribution in [2.75, 3.05) is 5.73 Å². The molecule has 0 amide bonds. The molecule has 6 heteroatoms. The van der Waals surface area contributed by atoms with E-state index in [1.165, 1.54) is 0 Å². The van der Waals surface area contributed by atoms with Gasteiger partial charge in [0, 0.05) is 17.0 Å². The first-order valence-electron chi connectivity index (χ1n) is 7.93. The number of aryl methyl sites for hydroxylation is 1. The number of nitrogens with zero attached hydrogens (tertiary/aromatic N) is 4. The van der Waals surface area contributed by atoms with Crippen LogP contribution in [0.2, 0.25) is 5.02 Å².